The molecule has 1 aliphatic carbocycles. The molecule has 0 saturated heterocycles. The monoisotopic (exact) mass is 174 g/mol. The number of ketones is 1. The predicted molar refractivity (Wildman–Crippen MR) is 53.0 cm³/mol. The molecule has 13 heavy (non-hydrogen) atoms. The Morgan fingerprint density at radius 1 is 1.15 bits per heavy atom. The molecule has 0 bridgehead atoms. The minimum Gasteiger partial charge on any atom is -0.294 e. The van der Waals surface area contributed by atoms with Crippen LogP contribution in [0.3, 0.4) is 0 Å². The van der Waals surface area contributed by atoms with Crippen LogP contribution in [0.15, 0.2) is 24.3 Å². The maximum atomic E-state index is 11.8. The smallest absolute Gasteiger partial charge is 0.165 e. The second kappa shape index (κ2) is 2.99. The van der Waals surface area contributed by atoms with Crippen LogP contribution in [0.5, 0.6) is 0 Å². The number of carbonyl (C=O) groups excluding carboxylic acids is 1. The Hall–Kier alpha value is -1.11. The first-order valence-corrected chi connectivity index (χ1v) is 4.83. The molecule has 1 aliphatic rings. The number of rotatable bonds is 0. The zero-order chi connectivity index (χ0) is 9.42. The number of fused-ring (bicyclic) bond motifs is 1. The van der Waals surface area contributed by atoms with Gasteiger partial charge >= 0.3 is 0 Å². The SMILES string of the molecule is CC1CC(C)c2ccccc2C1=O. The molecule has 1 aromatic rings. The van der Waals surface area contributed by atoms with Gasteiger partial charge in [0, 0.05) is 11.5 Å². The van der Waals surface area contributed by atoms with E-state index in [1.54, 1.807) is 0 Å². The maximum Gasteiger partial charge on any atom is 0.165 e. The molecule has 68 valence electrons. The number of carbonyl (C=O) groups is 1. The molecule has 0 heterocycles. The lowest BCUT2D eigenvalue weighted by atomic mass is 9.78. The summed E-state index contributed by atoms with van der Waals surface area (Å²) in [5, 5.41) is 0. The van der Waals surface area contributed by atoms with Crippen LogP contribution in [0.2, 0.25) is 0 Å². The Morgan fingerprint density at radius 2 is 1.85 bits per heavy atom. The number of hydrogen-bond acceptors (Lipinski definition) is 1. The summed E-state index contributed by atoms with van der Waals surface area (Å²) in [4.78, 5) is 11.8. The molecule has 0 aromatic heterocycles. The zero-order valence-electron chi connectivity index (χ0n) is 8.08. The van der Waals surface area contributed by atoms with Crippen LogP contribution in [-0.4, -0.2) is 5.78 Å². The van der Waals surface area contributed by atoms with E-state index in [9.17, 15) is 4.79 Å². The van der Waals surface area contributed by atoms with Crippen molar-refractivity contribution < 1.29 is 4.79 Å². The lowest BCUT2D eigenvalue weighted by molar-refractivity contribution is 0.0906. The minimum atomic E-state index is 0.199. The lowest BCUT2D eigenvalue weighted by Gasteiger charge is -2.25. The fraction of sp³-hybridized carbons (Fsp3) is 0.417. The third-order valence-corrected chi connectivity index (χ3v) is 2.91. The van der Waals surface area contributed by atoms with Crippen LogP contribution in [0.25, 0.3) is 0 Å². The molecule has 2 unspecified atom stereocenters. The van der Waals surface area contributed by atoms with E-state index in [4.69, 9.17) is 0 Å². The molecule has 0 aliphatic heterocycles. The van der Waals surface area contributed by atoms with Gasteiger partial charge in [0.15, 0.2) is 5.78 Å². The van der Waals surface area contributed by atoms with Crippen molar-refractivity contribution in [3.8, 4) is 0 Å². The number of Topliss-reactive ketones (excluding diaryl/α,β-unsaturated/α-hetero) is 1. The van der Waals surface area contributed by atoms with Gasteiger partial charge in [0.2, 0.25) is 0 Å². The molecule has 0 radical (unpaired) electrons. The molecule has 0 N–H and O–H groups in total. The van der Waals surface area contributed by atoms with Crippen molar-refractivity contribution in [1.29, 1.82) is 0 Å². The quantitative estimate of drug-likeness (QED) is 0.591. The van der Waals surface area contributed by atoms with Crippen molar-refractivity contribution in [2.24, 2.45) is 5.92 Å². The zero-order valence-corrected chi connectivity index (χ0v) is 8.08. The molecule has 0 saturated carbocycles. The normalized spacial score (nSPS) is 27.1. The third-order valence-electron chi connectivity index (χ3n) is 2.91. The number of hydrogen-bond donors (Lipinski definition) is 0. The van der Waals surface area contributed by atoms with Crippen molar-refractivity contribution in [2.75, 3.05) is 0 Å². The van der Waals surface area contributed by atoms with Crippen LogP contribution >= 0.6 is 0 Å². The Morgan fingerprint density at radius 3 is 2.62 bits per heavy atom. The van der Waals surface area contributed by atoms with E-state index in [-0.39, 0.29) is 5.92 Å². The maximum absolute atomic E-state index is 11.8. The summed E-state index contributed by atoms with van der Waals surface area (Å²) in [6.07, 6.45) is 0.996. The van der Waals surface area contributed by atoms with Crippen LogP contribution in [-0.2, 0) is 0 Å². The molecular formula is C12H14O. The third kappa shape index (κ3) is 1.28. The van der Waals surface area contributed by atoms with Gasteiger partial charge < -0.3 is 0 Å². The Labute approximate surface area is 78.8 Å². The van der Waals surface area contributed by atoms with Crippen LogP contribution in [0.1, 0.15) is 42.1 Å². The van der Waals surface area contributed by atoms with Gasteiger partial charge in [0.05, 0.1) is 0 Å². The summed E-state index contributed by atoms with van der Waals surface area (Å²) in [6, 6.07) is 7.98. The molecule has 1 heteroatoms. The van der Waals surface area contributed by atoms with Gasteiger partial charge in [-0.3, -0.25) is 4.79 Å². The Bertz CT molecular complexity index is 341. The first-order valence-electron chi connectivity index (χ1n) is 4.83. The molecule has 0 fully saturated rings. The van der Waals surface area contributed by atoms with E-state index in [0.29, 0.717) is 11.7 Å². The summed E-state index contributed by atoms with van der Waals surface area (Å²) >= 11 is 0. The van der Waals surface area contributed by atoms with E-state index in [2.05, 4.69) is 13.0 Å². The second-order valence-electron chi connectivity index (χ2n) is 3.99. The van der Waals surface area contributed by atoms with Crippen LogP contribution in [0.4, 0.5) is 0 Å². The first-order chi connectivity index (χ1) is 6.20. The molecule has 0 spiro atoms. The average Bonchev–Trinajstić information content (AvgIpc) is 2.15. The van der Waals surface area contributed by atoms with Crippen molar-refractivity contribution >= 4 is 5.78 Å². The minimum absolute atomic E-state index is 0.199. The van der Waals surface area contributed by atoms with Gasteiger partial charge in [-0.2, -0.15) is 0 Å². The average molecular weight is 174 g/mol. The van der Waals surface area contributed by atoms with E-state index < -0.39 is 0 Å². The highest BCUT2D eigenvalue weighted by atomic mass is 16.1. The second-order valence-corrected chi connectivity index (χ2v) is 3.99. The van der Waals surface area contributed by atoms with Gasteiger partial charge in [0.1, 0.15) is 0 Å². The highest BCUT2D eigenvalue weighted by Crippen LogP contribution is 2.33. The van der Waals surface area contributed by atoms with Gasteiger partial charge in [-0.05, 0) is 17.9 Å². The summed E-state index contributed by atoms with van der Waals surface area (Å²) in [5.41, 5.74) is 2.17. The lowest BCUT2D eigenvalue weighted by Crippen LogP contribution is -2.22. The van der Waals surface area contributed by atoms with Crippen molar-refractivity contribution in [2.45, 2.75) is 26.2 Å². The summed E-state index contributed by atoms with van der Waals surface area (Å²) in [6.45, 7) is 4.22. The van der Waals surface area contributed by atoms with Gasteiger partial charge in [-0.15, -0.1) is 0 Å². The highest BCUT2D eigenvalue weighted by Gasteiger charge is 2.27. The fourth-order valence-corrected chi connectivity index (χ4v) is 2.18. The van der Waals surface area contributed by atoms with Crippen molar-refractivity contribution in [3.05, 3.63) is 35.4 Å². The molecule has 2 rings (SSSR count). The van der Waals surface area contributed by atoms with Gasteiger partial charge in [-0.1, -0.05) is 38.1 Å². The molecular weight excluding hydrogens is 160 g/mol. The van der Waals surface area contributed by atoms with Crippen molar-refractivity contribution in [1.82, 2.24) is 0 Å². The molecule has 1 nitrogen and oxygen atoms in total. The topological polar surface area (TPSA) is 17.1 Å². The number of benzene rings is 1. The molecule has 2 atom stereocenters. The first kappa shape index (κ1) is 8.49. The van der Waals surface area contributed by atoms with E-state index in [0.717, 1.165) is 12.0 Å². The van der Waals surface area contributed by atoms with E-state index >= 15 is 0 Å². The fourth-order valence-electron chi connectivity index (χ4n) is 2.18. The standard InChI is InChI=1S/C12H14O/c1-8-7-9(2)12(13)11-6-4-3-5-10(8)11/h3-6,8-9H,7H2,1-2H3. The van der Waals surface area contributed by atoms with E-state index in [1.165, 1.54) is 5.56 Å². The highest BCUT2D eigenvalue weighted by molar-refractivity contribution is 6.00. The largest absolute Gasteiger partial charge is 0.294 e. The van der Waals surface area contributed by atoms with Gasteiger partial charge in [-0.25, -0.2) is 0 Å². The van der Waals surface area contributed by atoms with Gasteiger partial charge in [0.25, 0.3) is 0 Å². The molecule has 0 amide bonds. The Kier molecular flexibility index (Phi) is 1.95. The van der Waals surface area contributed by atoms with Crippen LogP contribution in [0, 0.1) is 5.92 Å². The van der Waals surface area contributed by atoms with E-state index in [1.807, 2.05) is 25.1 Å². The van der Waals surface area contributed by atoms with Crippen molar-refractivity contribution in [3.63, 3.8) is 0 Å². The summed E-state index contributed by atoms with van der Waals surface area (Å²) in [5.74, 6) is 1.04. The Balaban J connectivity index is 2.54. The summed E-state index contributed by atoms with van der Waals surface area (Å²) < 4.78 is 0. The van der Waals surface area contributed by atoms with Crippen LogP contribution < -0.4 is 0 Å². The molecule has 1 aromatic carbocycles. The summed E-state index contributed by atoms with van der Waals surface area (Å²) in [7, 11) is 0. The predicted octanol–water partition coefficient (Wildman–Crippen LogP) is 3.01.